The number of nitrogens with two attached hydrogens (primary N) is 1. The van der Waals surface area contributed by atoms with E-state index in [0.717, 1.165) is 12.8 Å². The van der Waals surface area contributed by atoms with E-state index in [4.69, 9.17) is 5.73 Å². The highest BCUT2D eigenvalue weighted by Gasteiger charge is 2.31. The number of aromatic hydroxyl groups is 1. The highest BCUT2D eigenvalue weighted by atomic mass is 16.3. The molecular weight excluding hydrogens is 206 g/mol. The average molecular weight is 223 g/mol. The molecular formula is C11H17N3O2. The van der Waals surface area contributed by atoms with E-state index in [0.29, 0.717) is 17.3 Å². The fourth-order valence-corrected chi connectivity index (χ4v) is 1.84. The smallest absolute Gasteiger partial charge is 0.258 e. The van der Waals surface area contributed by atoms with Crippen molar-refractivity contribution >= 4 is 0 Å². The Morgan fingerprint density at radius 1 is 1.50 bits per heavy atom. The zero-order chi connectivity index (χ0) is 11.9. The lowest BCUT2D eigenvalue weighted by molar-refractivity contribution is 0.429. The predicted molar refractivity (Wildman–Crippen MR) is 60.3 cm³/mol. The predicted octanol–water partition coefficient (Wildman–Crippen LogP) is 1.01. The van der Waals surface area contributed by atoms with Gasteiger partial charge in [-0.2, -0.15) is 4.98 Å². The van der Waals surface area contributed by atoms with E-state index >= 15 is 0 Å². The van der Waals surface area contributed by atoms with Gasteiger partial charge in [0.25, 0.3) is 5.56 Å². The van der Waals surface area contributed by atoms with Crippen LogP contribution in [0.25, 0.3) is 0 Å². The van der Waals surface area contributed by atoms with Crippen molar-refractivity contribution in [3.63, 3.8) is 0 Å². The quantitative estimate of drug-likeness (QED) is 0.713. The van der Waals surface area contributed by atoms with E-state index < -0.39 is 0 Å². The van der Waals surface area contributed by atoms with Gasteiger partial charge in [0.05, 0.1) is 11.6 Å². The van der Waals surface area contributed by atoms with Gasteiger partial charge in [0.1, 0.15) is 5.82 Å². The van der Waals surface area contributed by atoms with Gasteiger partial charge in [-0.1, -0.05) is 13.8 Å². The molecule has 1 saturated carbocycles. The van der Waals surface area contributed by atoms with Crippen molar-refractivity contribution in [3.8, 4) is 5.88 Å². The molecule has 5 nitrogen and oxygen atoms in total. The fraction of sp³-hybridized carbons (Fsp3) is 0.636. The van der Waals surface area contributed by atoms with Crippen molar-refractivity contribution in [1.82, 2.24) is 9.97 Å². The molecule has 0 spiro atoms. The standard InChI is InChI=1S/C11H17N3O2/c1-5(2)7-10(15)13-9(14-11(7)16)8(12)6-3-4-6/h5-6,8H,3-4,12H2,1-2H3,(H2,13,14,15,16). The van der Waals surface area contributed by atoms with Gasteiger partial charge in [0.15, 0.2) is 0 Å². The lowest BCUT2D eigenvalue weighted by Crippen LogP contribution is -2.23. The first kappa shape index (κ1) is 11.1. The van der Waals surface area contributed by atoms with Crippen molar-refractivity contribution in [2.75, 3.05) is 0 Å². The third-order valence-electron chi connectivity index (χ3n) is 2.98. The van der Waals surface area contributed by atoms with Gasteiger partial charge in [-0.15, -0.1) is 0 Å². The molecule has 0 radical (unpaired) electrons. The summed E-state index contributed by atoms with van der Waals surface area (Å²) in [5, 5.41) is 9.71. The molecule has 0 amide bonds. The zero-order valence-corrected chi connectivity index (χ0v) is 9.53. The number of nitrogens with zero attached hydrogens (tertiary/aromatic N) is 1. The second kappa shape index (κ2) is 3.90. The maximum absolute atomic E-state index is 11.7. The second-order valence-electron chi connectivity index (χ2n) is 4.71. The van der Waals surface area contributed by atoms with E-state index in [1.807, 2.05) is 13.8 Å². The number of aromatic amines is 1. The summed E-state index contributed by atoms with van der Waals surface area (Å²) in [7, 11) is 0. The first-order chi connectivity index (χ1) is 7.50. The molecule has 1 aliphatic carbocycles. The number of nitrogens with one attached hydrogen (secondary N) is 1. The monoisotopic (exact) mass is 223 g/mol. The summed E-state index contributed by atoms with van der Waals surface area (Å²) in [5.41, 5.74) is 5.96. The molecule has 1 heterocycles. The van der Waals surface area contributed by atoms with Crippen LogP contribution in [0.1, 0.15) is 50.0 Å². The first-order valence-electron chi connectivity index (χ1n) is 5.59. The Labute approximate surface area is 93.7 Å². The van der Waals surface area contributed by atoms with Crippen LogP contribution in [-0.2, 0) is 0 Å². The molecule has 4 N–H and O–H groups in total. The van der Waals surface area contributed by atoms with Crippen LogP contribution in [0.5, 0.6) is 5.88 Å². The van der Waals surface area contributed by atoms with Crippen molar-refractivity contribution < 1.29 is 5.11 Å². The van der Waals surface area contributed by atoms with Crippen LogP contribution in [0.2, 0.25) is 0 Å². The molecule has 1 aromatic heterocycles. The highest BCUT2D eigenvalue weighted by molar-refractivity contribution is 5.26. The molecule has 88 valence electrons. The summed E-state index contributed by atoms with van der Waals surface area (Å²) in [6.45, 7) is 3.68. The van der Waals surface area contributed by atoms with Crippen molar-refractivity contribution in [1.29, 1.82) is 0 Å². The van der Waals surface area contributed by atoms with Crippen LogP contribution >= 0.6 is 0 Å². The van der Waals surface area contributed by atoms with Gasteiger partial charge in [-0.25, -0.2) is 0 Å². The molecule has 1 atom stereocenters. The number of H-pyrrole nitrogens is 1. The van der Waals surface area contributed by atoms with Crippen molar-refractivity contribution in [3.05, 3.63) is 21.7 Å². The maximum atomic E-state index is 11.7. The van der Waals surface area contributed by atoms with Crippen LogP contribution in [0.4, 0.5) is 0 Å². The number of hydrogen-bond acceptors (Lipinski definition) is 4. The van der Waals surface area contributed by atoms with Crippen molar-refractivity contribution in [2.45, 2.75) is 38.6 Å². The minimum atomic E-state index is -0.284. The van der Waals surface area contributed by atoms with Gasteiger partial charge in [-0.05, 0) is 24.7 Å². The molecule has 1 aromatic rings. The SMILES string of the molecule is CC(C)c1c(O)nc(C(N)C2CC2)[nH]c1=O. The van der Waals surface area contributed by atoms with Crippen LogP contribution in [-0.4, -0.2) is 15.1 Å². The summed E-state index contributed by atoms with van der Waals surface area (Å²) >= 11 is 0. The number of hydrogen-bond donors (Lipinski definition) is 3. The van der Waals surface area contributed by atoms with Crippen molar-refractivity contribution in [2.24, 2.45) is 11.7 Å². The molecule has 1 aliphatic rings. The van der Waals surface area contributed by atoms with Crippen LogP contribution in [0.3, 0.4) is 0 Å². The number of aromatic nitrogens is 2. The minimum Gasteiger partial charge on any atom is -0.493 e. The van der Waals surface area contributed by atoms with Gasteiger partial charge < -0.3 is 15.8 Å². The van der Waals surface area contributed by atoms with Crippen LogP contribution < -0.4 is 11.3 Å². The van der Waals surface area contributed by atoms with E-state index in [1.54, 1.807) is 0 Å². The third-order valence-corrected chi connectivity index (χ3v) is 2.98. The summed E-state index contributed by atoms with van der Waals surface area (Å²) in [6.07, 6.45) is 2.13. The van der Waals surface area contributed by atoms with E-state index in [2.05, 4.69) is 9.97 Å². The highest BCUT2D eigenvalue weighted by Crippen LogP contribution is 2.38. The summed E-state index contributed by atoms with van der Waals surface area (Å²) in [4.78, 5) is 18.4. The van der Waals surface area contributed by atoms with E-state index in [-0.39, 0.29) is 23.4 Å². The molecule has 0 bridgehead atoms. The average Bonchev–Trinajstić information content (AvgIpc) is 2.97. The van der Waals surface area contributed by atoms with Gasteiger partial charge in [-0.3, -0.25) is 4.79 Å². The Hall–Kier alpha value is -1.36. The summed E-state index contributed by atoms with van der Waals surface area (Å²) < 4.78 is 0. The van der Waals surface area contributed by atoms with Crippen LogP contribution in [0, 0.1) is 5.92 Å². The largest absolute Gasteiger partial charge is 0.493 e. The molecule has 0 aromatic carbocycles. The summed E-state index contributed by atoms with van der Waals surface area (Å²) in [6, 6.07) is -0.264. The topological polar surface area (TPSA) is 92.0 Å². The molecule has 1 fully saturated rings. The Morgan fingerprint density at radius 3 is 2.56 bits per heavy atom. The van der Waals surface area contributed by atoms with Crippen LogP contribution in [0.15, 0.2) is 4.79 Å². The normalized spacial score (nSPS) is 17.8. The zero-order valence-electron chi connectivity index (χ0n) is 9.53. The Balaban J connectivity index is 2.40. The first-order valence-corrected chi connectivity index (χ1v) is 5.59. The lowest BCUT2D eigenvalue weighted by atomic mass is 10.1. The number of rotatable bonds is 3. The Morgan fingerprint density at radius 2 is 2.12 bits per heavy atom. The lowest BCUT2D eigenvalue weighted by Gasteiger charge is -2.12. The molecule has 0 aliphatic heterocycles. The summed E-state index contributed by atoms with van der Waals surface area (Å²) in [5.74, 6) is 0.550. The Kier molecular flexibility index (Phi) is 2.71. The van der Waals surface area contributed by atoms with Gasteiger partial charge in [0.2, 0.25) is 5.88 Å². The maximum Gasteiger partial charge on any atom is 0.258 e. The van der Waals surface area contributed by atoms with E-state index in [9.17, 15) is 9.90 Å². The van der Waals surface area contributed by atoms with E-state index in [1.165, 1.54) is 0 Å². The molecule has 1 unspecified atom stereocenters. The molecule has 5 heteroatoms. The third kappa shape index (κ3) is 1.95. The molecule has 2 rings (SSSR count). The molecule has 16 heavy (non-hydrogen) atoms. The Bertz CT molecular complexity index is 449. The fourth-order valence-electron chi connectivity index (χ4n) is 1.84. The van der Waals surface area contributed by atoms with Gasteiger partial charge >= 0.3 is 0 Å². The van der Waals surface area contributed by atoms with Gasteiger partial charge in [0, 0.05) is 0 Å². The minimum absolute atomic E-state index is 0.0533. The molecule has 0 saturated heterocycles. The second-order valence-corrected chi connectivity index (χ2v) is 4.71.